The van der Waals surface area contributed by atoms with Crippen LogP contribution in [0.5, 0.6) is 0 Å². The molecule has 210 valence electrons. The van der Waals surface area contributed by atoms with Crippen LogP contribution in [0.25, 0.3) is 0 Å². The Morgan fingerprint density at radius 1 is 0.850 bits per heavy atom. The van der Waals surface area contributed by atoms with Gasteiger partial charge in [0, 0.05) is 50.1 Å². The first-order valence-electron chi connectivity index (χ1n) is 14.3. The second-order valence-corrected chi connectivity index (χ2v) is 10.7. The highest BCUT2D eigenvalue weighted by Gasteiger charge is 2.32. The van der Waals surface area contributed by atoms with Crippen molar-refractivity contribution < 1.29 is 9.59 Å². The van der Waals surface area contributed by atoms with E-state index in [4.69, 9.17) is 0 Å². The quantitative estimate of drug-likeness (QED) is 0.373. The zero-order valence-electron chi connectivity index (χ0n) is 23.5. The van der Waals surface area contributed by atoms with Crippen LogP contribution in [0.3, 0.4) is 0 Å². The van der Waals surface area contributed by atoms with Crippen molar-refractivity contribution in [3.05, 3.63) is 96.1 Å². The van der Waals surface area contributed by atoms with Gasteiger partial charge >= 0.3 is 6.03 Å². The Labute approximate surface area is 237 Å². The minimum absolute atomic E-state index is 0.0262. The Hall–Kier alpha value is -3.88. The molecule has 2 aliphatic rings. The number of aryl methyl sites for hydroxylation is 1. The summed E-state index contributed by atoms with van der Waals surface area (Å²) in [5, 5.41) is 4.87. The Kier molecular flexibility index (Phi) is 8.98. The molecule has 2 heterocycles. The van der Waals surface area contributed by atoms with Crippen LogP contribution in [0.2, 0.25) is 0 Å². The predicted octanol–water partition coefficient (Wildman–Crippen LogP) is 4.41. The Morgan fingerprint density at radius 2 is 1.48 bits per heavy atom. The van der Waals surface area contributed by atoms with E-state index in [1.165, 1.54) is 5.56 Å². The molecule has 5 rings (SSSR count). The van der Waals surface area contributed by atoms with Gasteiger partial charge in [0.15, 0.2) is 0 Å². The van der Waals surface area contributed by atoms with Gasteiger partial charge in [-0.05, 0) is 62.1 Å². The SMILES string of the molecule is CC(C)N1NCN(c2ccc(N3CCN(C(C(=O)NCCCc4ccccc4)c4ccccc4)CC3)cc2)C1=O. The zero-order chi connectivity index (χ0) is 27.9. The van der Waals surface area contributed by atoms with Crippen molar-refractivity contribution in [2.24, 2.45) is 0 Å². The molecule has 3 amide bonds. The van der Waals surface area contributed by atoms with Crippen LogP contribution in [0.1, 0.15) is 37.4 Å². The number of benzene rings is 3. The highest BCUT2D eigenvalue weighted by atomic mass is 16.2. The molecular formula is C32H40N6O2. The normalized spacial score (nSPS) is 17.0. The first-order chi connectivity index (χ1) is 19.5. The second kappa shape index (κ2) is 13.0. The van der Waals surface area contributed by atoms with E-state index in [1.807, 2.05) is 62.4 Å². The summed E-state index contributed by atoms with van der Waals surface area (Å²) >= 11 is 0. The van der Waals surface area contributed by atoms with Crippen LogP contribution in [0.15, 0.2) is 84.9 Å². The molecule has 2 fully saturated rings. The van der Waals surface area contributed by atoms with Gasteiger partial charge in [-0.3, -0.25) is 19.6 Å². The third kappa shape index (κ3) is 6.46. The van der Waals surface area contributed by atoms with Crippen LogP contribution in [0.4, 0.5) is 16.2 Å². The molecule has 8 heteroatoms. The maximum Gasteiger partial charge on any atom is 0.340 e. The van der Waals surface area contributed by atoms with E-state index in [9.17, 15) is 9.59 Å². The van der Waals surface area contributed by atoms with Crippen LogP contribution in [0, 0.1) is 0 Å². The molecule has 1 atom stereocenters. The summed E-state index contributed by atoms with van der Waals surface area (Å²) < 4.78 is 0. The molecular weight excluding hydrogens is 500 g/mol. The standard InChI is InChI=1S/C32H40N6O2/c1-25(2)38-32(40)37(24-34-38)29-17-15-28(16-18-29)35-20-22-36(23-21-35)30(27-13-7-4-8-14-27)31(39)33-19-9-12-26-10-5-3-6-11-26/h3-8,10-11,13-18,25,30,34H,9,12,19-24H2,1-2H3,(H,33,39). The molecule has 8 nitrogen and oxygen atoms in total. The van der Waals surface area contributed by atoms with Gasteiger partial charge in [-0.15, -0.1) is 0 Å². The van der Waals surface area contributed by atoms with Gasteiger partial charge in [-0.25, -0.2) is 10.2 Å². The molecule has 1 unspecified atom stereocenters. The summed E-state index contributed by atoms with van der Waals surface area (Å²) in [5.41, 5.74) is 7.49. The van der Waals surface area contributed by atoms with Crippen molar-refractivity contribution in [2.45, 2.75) is 38.8 Å². The van der Waals surface area contributed by atoms with Gasteiger partial charge in [0.05, 0.1) is 6.67 Å². The first kappa shape index (κ1) is 27.7. The second-order valence-electron chi connectivity index (χ2n) is 10.7. The summed E-state index contributed by atoms with van der Waals surface area (Å²) in [7, 11) is 0. The van der Waals surface area contributed by atoms with Gasteiger partial charge < -0.3 is 10.2 Å². The number of carbonyl (C=O) groups is 2. The summed E-state index contributed by atoms with van der Waals surface area (Å²) in [6.07, 6.45) is 1.86. The van der Waals surface area contributed by atoms with Crippen molar-refractivity contribution in [3.63, 3.8) is 0 Å². The summed E-state index contributed by atoms with van der Waals surface area (Å²) in [5.74, 6) is 0.0661. The fourth-order valence-electron chi connectivity index (χ4n) is 5.51. The van der Waals surface area contributed by atoms with Gasteiger partial charge in [0.2, 0.25) is 5.91 Å². The topological polar surface area (TPSA) is 71.2 Å². The van der Waals surface area contributed by atoms with E-state index in [0.717, 1.165) is 56.0 Å². The third-order valence-corrected chi connectivity index (χ3v) is 7.71. The van der Waals surface area contributed by atoms with Crippen LogP contribution in [-0.4, -0.2) is 67.3 Å². The summed E-state index contributed by atoms with van der Waals surface area (Å²) in [6, 6.07) is 28.5. The molecule has 3 aromatic rings. The van der Waals surface area contributed by atoms with E-state index < -0.39 is 0 Å². The van der Waals surface area contributed by atoms with E-state index in [1.54, 1.807) is 9.91 Å². The van der Waals surface area contributed by atoms with Gasteiger partial charge in [-0.1, -0.05) is 60.7 Å². The lowest BCUT2D eigenvalue weighted by atomic mass is 10.0. The van der Waals surface area contributed by atoms with Gasteiger partial charge in [0.25, 0.3) is 0 Å². The average Bonchev–Trinajstić information content (AvgIpc) is 3.38. The van der Waals surface area contributed by atoms with Crippen LogP contribution >= 0.6 is 0 Å². The third-order valence-electron chi connectivity index (χ3n) is 7.71. The van der Waals surface area contributed by atoms with Gasteiger partial charge in [0.1, 0.15) is 6.04 Å². The lowest BCUT2D eigenvalue weighted by Gasteiger charge is -2.40. The molecule has 2 N–H and O–H groups in total. The summed E-state index contributed by atoms with van der Waals surface area (Å²) in [4.78, 5) is 32.5. The highest BCUT2D eigenvalue weighted by molar-refractivity contribution is 5.93. The molecule has 0 saturated carbocycles. The number of urea groups is 1. The fourth-order valence-corrected chi connectivity index (χ4v) is 5.51. The molecule has 2 saturated heterocycles. The number of anilines is 2. The number of hydrogen-bond acceptors (Lipinski definition) is 5. The number of carbonyl (C=O) groups excluding carboxylic acids is 2. The number of rotatable bonds is 10. The number of hydrogen-bond donors (Lipinski definition) is 2. The average molecular weight is 541 g/mol. The van der Waals surface area contributed by atoms with Crippen LogP contribution in [-0.2, 0) is 11.2 Å². The molecule has 0 bridgehead atoms. The molecule has 0 spiro atoms. The zero-order valence-corrected chi connectivity index (χ0v) is 23.5. The van der Waals surface area contributed by atoms with E-state index >= 15 is 0 Å². The van der Waals surface area contributed by atoms with Gasteiger partial charge in [-0.2, -0.15) is 0 Å². The van der Waals surface area contributed by atoms with Crippen molar-refractivity contribution in [1.82, 2.24) is 20.7 Å². The largest absolute Gasteiger partial charge is 0.369 e. The molecule has 2 aliphatic heterocycles. The lowest BCUT2D eigenvalue weighted by molar-refractivity contribution is -0.126. The number of nitrogens with zero attached hydrogens (tertiary/aromatic N) is 4. The van der Waals surface area contributed by atoms with Crippen molar-refractivity contribution in [2.75, 3.05) is 49.2 Å². The fraction of sp³-hybridized carbons (Fsp3) is 0.375. The number of piperazine rings is 1. The monoisotopic (exact) mass is 540 g/mol. The van der Waals surface area contributed by atoms with Crippen LogP contribution < -0.4 is 20.5 Å². The minimum Gasteiger partial charge on any atom is -0.369 e. The van der Waals surface area contributed by atoms with E-state index in [0.29, 0.717) is 13.2 Å². The maximum absolute atomic E-state index is 13.5. The first-order valence-corrected chi connectivity index (χ1v) is 14.3. The van der Waals surface area contributed by atoms with Crippen molar-refractivity contribution >= 4 is 23.3 Å². The molecule has 40 heavy (non-hydrogen) atoms. The Balaban J connectivity index is 1.18. The van der Waals surface area contributed by atoms with E-state index in [2.05, 4.69) is 56.9 Å². The molecule has 0 radical (unpaired) electrons. The molecule has 0 aromatic heterocycles. The Morgan fingerprint density at radius 3 is 2.10 bits per heavy atom. The predicted molar refractivity (Wildman–Crippen MR) is 160 cm³/mol. The van der Waals surface area contributed by atoms with E-state index in [-0.39, 0.29) is 24.0 Å². The molecule has 3 aromatic carbocycles. The number of amides is 3. The lowest BCUT2D eigenvalue weighted by Crippen LogP contribution is -2.51. The smallest absolute Gasteiger partial charge is 0.340 e. The number of hydrazine groups is 1. The van der Waals surface area contributed by atoms with Crippen molar-refractivity contribution in [3.8, 4) is 0 Å². The van der Waals surface area contributed by atoms with Crippen molar-refractivity contribution in [1.29, 1.82) is 0 Å². The summed E-state index contributed by atoms with van der Waals surface area (Å²) in [6.45, 7) is 8.36. The molecule has 0 aliphatic carbocycles. The minimum atomic E-state index is -0.306. The number of nitrogens with one attached hydrogen (secondary N) is 2. The highest BCUT2D eigenvalue weighted by Crippen LogP contribution is 2.27. The Bertz CT molecular complexity index is 1240. The maximum atomic E-state index is 13.5.